The molecule has 0 aliphatic rings. The molecule has 0 unspecified atom stereocenters. The van der Waals surface area contributed by atoms with Crippen molar-refractivity contribution >= 4 is 66.8 Å². The number of nitrogens with zero attached hydrogens (tertiary/aromatic N) is 4. The number of amides is 1. The van der Waals surface area contributed by atoms with Gasteiger partial charge in [-0.2, -0.15) is 4.31 Å². The van der Waals surface area contributed by atoms with E-state index in [2.05, 4.69) is 6.07 Å². The molecule has 1 heterocycles. The summed E-state index contributed by atoms with van der Waals surface area (Å²) < 4.78 is 28.6. The Bertz CT molecular complexity index is 1480. The van der Waals surface area contributed by atoms with Gasteiger partial charge in [0.25, 0.3) is 5.91 Å². The van der Waals surface area contributed by atoms with Gasteiger partial charge in [-0.3, -0.25) is 9.69 Å². The van der Waals surface area contributed by atoms with Gasteiger partial charge in [-0.05, 0) is 68.4 Å². The largest absolute Gasteiger partial charge is 0.308 e. The first-order valence-electron chi connectivity index (χ1n) is 11.7. The summed E-state index contributed by atoms with van der Waals surface area (Å²) in [6.45, 7) is 1.38. The quantitative estimate of drug-likeness (QED) is 0.228. The number of aromatic nitrogens is 1. The smallest absolute Gasteiger partial charge is 0.260 e. The molecule has 4 aromatic rings. The van der Waals surface area contributed by atoms with Crippen LogP contribution >= 0.6 is 35.5 Å². The number of fused-ring (bicyclic) bond motifs is 1. The number of carbonyl (C=O) groups excluding carboxylic acids is 1. The Kier molecular flexibility index (Phi) is 10.3. The molecule has 11 heteroatoms. The van der Waals surface area contributed by atoms with Crippen LogP contribution in [0.15, 0.2) is 82.6 Å². The highest BCUT2D eigenvalue weighted by molar-refractivity contribution is 7.98. The van der Waals surface area contributed by atoms with Crippen molar-refractivity contribution in [2.24, 2.45) is 0 Å². The number of benzene rings is 3. The number of rotatable bonds is 10. The first kappa shape index (κ1) is 30.1. The Morgan fingerprint density at radius 3 is 2.26 bits per heavy atom. The lowest BCUT2D eigenvalue weighted by molar-refractivity contribution is 0.0985. The highest BCUT2D eigenvalue weighted by Crippen LogP contribution is 2.32. The highest BCUT2D eigenvalue weighted by atomic mass is 35.5. The second-order valence-electron chi connectivity index (χ2n) is 8.86. The van der Waals surface area contributed by atoms with E-state index in [0.717, 1.165) is 20.7 Å². The maximum atomic E-state index is 13.6. The van der Waals surface area contributed by atoms with Crippen LogP contribution in [0.25, 0.3) is 10.2 Å². The molecule has 0 bridgehead atoms. The Labute approximate surface area is 238 Å². The number of hydrogen-bond acceptors (Lipinski definition) is 7. The molecule has 0 atom stereocenters. The molecule has 0 N–H and O–H groups in total. The maximum Gasteiger partial charge on any atom is 0.260 e. The summed E-state index contributed by atoms with van der Waals surface area (Å²) >= 11 is 3.14. The zero-order chi connectivity index (χ0) is 26.6. The molecule has 1 aromatic heterocycles. The SMILES string of the molecule is CSc1ccc2nc(N(CCN(C)C)C(=O)c3ccc(S(=O)(=O)N(C)Cc4ccccc4)cc3)sc2c1.Cl. The molecular weight excluding hydrogens is 560 g/mol. The third kappa shape index (κ3) is 6.93. The van der Waals surface area contributed by atoms with E-state index in [1.807, 2.05) is 67.7 Å². The summed E-state index contributed by atoms with van der Waals surface area (Å²) in [7, 11) is 1.76. The highest BCUT2D eigenvalue weighted by Gasteiger charge is 2.24. The summed E-state index contributed by atoms with van der Waals surface area (Å²) in [5.41, 5.74) is 2.16. The molecule has 1 amide bonds. The number of sulfonamides is 1. The number of carbonyl (C=O) groups is 1. The predicted octanol–water partition coefficient (Wildman–Crippen LogP) is 5.47. The fraction of sp³-hybridized carbons (Fsp3) is 0.259. The van der Waals surface area contributed by atoms with Crippen molar-refractivity contribution in [1.82, 2.24) is 14.2 Å². The lowest BCUT2D eigenvalue weighted by atomic mass is 10.2. The van der Waals surface area contributed by atoms with Crippen molar-refractivity contribution in [3.05, 3.63) is 83.9 Å². The molecule has 0 saturated carbocycles. The van der Waals surface area contributed by atoms with Crippen molar-refractivity contribution in [1.29, 1.82) is 0 Å². The van der Waals surface area contributed by atoms with Gasteiger partial charge < -0.3 is 4.90 Å². The van der Waals surface area contributed by atoms with Crippen LogP contribution in [-0.4, -0.2) is 69.0 Å². The van der Waals surface area contributed by atoms with Crippen LogP contribution in [0.4, 0.5) is 5.13 Å². The van der Waals surface area contributed by atoms with Gasteiger partial charge in [-0.15, -0.1) is 24.2 Å². The summed E-state index contributed by atoms with van der Waals surface area (Å²) in [6.07, 6.45) is 2.03. The predicted molar refractivity (Wildman–Crippen MR) is 160 cm³/mol. The van der Waals surface area contributed by atoms with Crippen LogP contribution in [0.3, 0.4) is 0 Å². The third-order valence-corrected chi connectivity index (χ3v) is 9.47. The van der Waals surface area contributed by atoms with Crippen molar-refractivity contribution in [2.45, 2.75) is 16.3 Å². The number of halogens is 1. The number of hydrogen-bond donors (Lipinski definition) is 0. The fourth-order valence-electron chi connectivity index (χ4n) is 3.75. The fourth-order valence-corrected chi connectivity index (χ4v) is 6.45. The average molecular weight is 591 g/mol. The maximum absolute atomic E-state index is 13.6. The zero-order valence-corrected chi connectivity index (χ0v) is 25.0. The second kappa shape index (κ2) is 13.1. The van der Waals surface area contributed by atoms with Gasteiger partial charge in [0.05, 0.1) is 15.1 Å². The van der Waals surface area contributed by atoms with Gasteiger partial charge in [0.2, 0.25) is 10.0 Å². The first-order valence-corrected chi connectivity index (χ1v) is 15.2. The van der Waals surface area contributed by atoms with Crippen LogP contribution < -0.4 is 4.90 Å². The molecule has 0 radical (unpaired) electrons. The molecule has 0 spiro atoms. The van der Waals surface area contributed by atoms with E-state index in [1.165, 1.54) is 27.8 Å². The topological polar surface area (TPSA) is 73.8 Å². The Morgan fingerprint density at radius 2 is 1.63 bits per heavy atom. The van der Waals surface area contributed by atoms with E-state index in [1.54, 1.807) is 35.8 Å². The Hall–Kier alpha value is -2.47. The molecule has 7 nitrogen and oxygen atoms in total. The molecule has 3 aromatic carbocycles. The minimum Gasteiger partial charge on any atom is -0.308 e. The molecular formula is C27H31ClN4O3S3. The van der Waals surface area contributed by atoms with Crippen LogP contribution in [0.1, 0.15) is 15.9 Å². The molecule has 0 aliphatic carbocycles. The average Bonchev–Trinajstić information content (AvgIpc) is 3.32. The van der Waals surface area contributed by atoms with Gasteiger partial charge >= 0.3 is 0 Å². The summed E-state index contributed by atoms with van der Waals surface area (Å²) in [5, 5.41) is 0.624. The van der Waals surface area contributed by atoms with Crippen LogP contribution in [0.5, 0.6) is 0 Å². The zero-order valence-electron chi connectivity index (χ0n) is 21.7. The monoisotopic (exact) mass is 590 g/mol. The summed E-state index contributed by atoms with van der Waals surface area (Å²) in [5.74, 6) is -0.215. The lowest BCUT2D eigenvalue weighted by Gasteiger charge is -2.22. The summed E-state index contributed by atoms with van der Waals surface area (Å²) in [4.78, 5) is 23.3. The van der Waals surface area contributed by atoms with E-state index in [9.17, 15) is 13.2 Å². The lowest BCUT2D eigenvalue weighted by Crippen LogP contribution is -2.36. The van der Waals surface area contributed by atoms with Gasteiger partial charge in [0, 0.05) is 37.1 Å². The third-order valence-electron chi connectivity index (χ3n) is 5.89. The molecule has 0 fully saturated rings. The number of likely N-dealkylation sites (N-methyl/N-ethyl adjacent to an activating group) is 1. The van der Waals surface area contributed by atoms with Crippen molar-refractivity contribution in [3.8, 4) is 0 Å². The van der Waals surface area contributed by atoms with E-state index in [-0.39, 0.29) is 29.8 Å². The van der Waals surface area contributed by atoms with Crippen LogP contribution in [0.2, 0.25) is 0 Å². The van der Waals surface area contributed by atoms with E-state index in [4.69, 9.17) is 4.98 Å². The minimum atomic E-state index is -3.71. The van der Waals surface area contributed by atoms with Gasteiger partial charge in [-0.1, -0.05) is 41.7 Å². The van der Waals surface area contributed by atoms with Gasteiger partial charge in [0.15, 0.2) is 5.13 Å². The van der Waals surface area contributed by atoms with Crippen LogP contribution in [0, 0.1) is 0 Å². The van der Waals surface area contributed by atoms with E-state index in [0.29, 0.717) is 23.8 Å². The van der Waals surface area contributed by atoms with E-state index >= 15 is 0 Å². The van der Waals surface area contributed by atoms with Crippen molar-refractivity contribution < 1.29 is 13.2 Å². The van der Waals surface area contributed by atoms with Crippen molar-refractivity contribution in [3.63, 3.8) is 0 Å². The second-order valence-corrected chi connectivity index (χ2v) is 12.8. The molecule has 0 aliphatic heterocycles. The molecule has 38 heavy (non-hydrogen) atoms. The summed E-state index contributed by atoms with van der Waals surface area (Å²) in [6, 6.07) is 21.7. The Balaban J connectivity index is 0.00000400. The number of thioether (sulfide) groups is 1. The van der Waals surface area contributed by atoms with Crippen LogP contribution in [-0.2, 0) is 16.6 Å². The minimum absolute atomic E-state index is 0. The van der Waals surface area contributed by atoms with Gasteiger partial charge in [0.1, 0.15) is 0 Å². The number of thiazole rings is 1. The molecule has 4 rings (SSSR count). The Morgan fingerprint density at radius 1 is 0.947 bits per heavy atom. The molecule has 0 saturated heterocycles. The number of anilines is 1. The van der Waals surface area contributed by atoms with Crippen molar-refractivity contribution in [2.75, 3.05) is 45.4 Å². The van der Waals surface area contributed by atoms with Gasteiger partial charge in [-0.25, -0.2) is 13.4 Å². The first-order chi connectivity index (χ1) is 17.7. The standard InChI is InChI=1S/C27H30N4O3S3.ClH/c1-29(2)16-17-31(27-28-24-15-12-22(35-4)18-25(24)36-27)26(32)21-10-13-23(14-11-21)37(33,34)30(3)19-20-8-6-5-7-9-20;/h5-15,18H,16-17,19H2,1-4H3;1H. The van der Waals surface area contributed by atoms with E-state index < -0.39 is 10.0 Å². The molecule has 202 valence electrons. The normalized spacial score (nSPS) is 11.6.